The Kier molecular flexibility index (Phi) is 5.12. The van der Waals surface area contributed by atoms with Gasteiger partial charge in [-0.1, -0.05) is 18.2 Å². The number of carbonyl (C=O) groups is 1. The summed E-state index contributed by atoms with van der Waals surface area (Å²) in [5.41, 5.74) is 3.49. The van der Waals surface area contributed by atoms with Crippen molar-refractivity contribution in [1.82, 2.24) is 10.2 Å². The van der Waals surface area contributed by atoms with Crippen molar-refractivity contribution in [3.05, 3.63) is 53.7 Å². The number of H-pyrrole nitrogens is 1. The molecule has 0 spiro atoms. The number of nitrogens with one attached hydrogen (secondary N) is 2. The Morgan fingerprint density at radius 2 is 1.72 bits per heavy atom. The van der Waals surface area contributed by atoms with E-state index >= 15 is 0 Å². The lowest BCUT2D eigenvalue weighted by Gasteiger charge is -2.14. The van der Waals surface area contributed by atoms with Crippen molar-refractivity contribution >= 4 is 11.6 Å². The number of hydrogen-bond acceptors (Lipinski definition) is 5. The smallest absolute Gasteiger partial charge is 0.263 e. The third-order valence-corrected chi connectivity index (χ3v) is 5.02. The summed E-state index contributed by atoms with van der Waals surface area (Å²) in [5, 5.41) is 10.7. The van der Waals surface area contributed by atoms with Crippen molar-refractivity contribution in [2.75, 3.05) is 26.6 Å². The Bertz CT molecular complexity index is 1020. The normalized spacial score (nSPS) is 13.1. The van der Waals surface area contributed by atoms with E-state index in [9.17, 15) is 4.79 Å². The molecule has 1 saturated carbocycles. The standard InChI is InChI=1S/C22H23N3O4/c1-27-15-7-4-6-14(12-15)20-21(19(24-25-20)13-10-11-13)23-22(26)18-16(28-2)8-5-9-17(18)29-3/h4-9,12-13H,10-11H2,1-3H3,(H,23,26)(H,24,25). The Morgan fingerprint density at radius 3 is 2.34 bits per heavy atom. The minimum absolute atomic E-state index is 0.313. The fourth-order valence-corrected chi connectivity index (χ4v) is 3.38. The summed E-state index contributed by atoms with van der Waals surface area (Å²) < 4.78 is 16.1. The van der Waals surface area contributed by atoms with Gasteiger partial charge in [0.15, 0.2) is 0 Å². The number of aromatic amines is 1. The lowest BCUT2D eigenvalue weighted by atomic mass is 10.1. The molecule has 0 bridgehead atoms. The summed E-state index contributed by atoms with van der Waals surface area (Å²) in [6.45, 7) is 0. The Labute approximate surface area is 169 Å². The van der Waals surface area contributed by atoms with Crippen LogP contribution < -0.4 is 19.5 Å². The monoisotopic (exact) mass is 393 g/mol. The first kappa shape index (κ1) is 18.9. The maximum Gasteiger partial charge on any atom is 0.263 e. The first-order valence-corrected chi connectivity index (χ1v) is 9.41. The highest BCUT2D eigenvalue weighted by atomic mass is 16.5. The van der Waals surface area contributed by atoms with Gasteiger partial charge in [0.1, 0.15) is 28.5 Å². The van der Waals surface area contributed by atoms with Crippen LogP contribution in [0.15, 0.2) is 42.5 Å². The van der Waals surface area contributed by atoms with Crippen molar-refractivity contribution in [3.63, 3.8) is 0 Å². The maximum absolute atomic E-state index is 13.2. The molecule has 3 aromatic rings. The summed E-state index contributed by atoms with van der Waals surface area (Å²) >= 11 is 0. The number of hydrogen-bond donors (Lipinski definition) is 2. The average Bonchev–Trinajstić information content (AvgIpc) is 3.53. The highest BCUT2D eigenvalue weighted by Crippen LogP contribution is 2.45. The van der Waals surface area contributed by atoms with Crippen LogP contribution in [0.5, 0.6) is 17.2 Å². The predicted molar refractivity (Wildman–Crippen MR) is 110 cm³/mol. The van der Waals surface area contributed by atoms with Crippen LogP contribution in [0.2, 0.25) is 0 Å². The number of rotatable bonds is 7. The minimum atomic E-state index is -0.313. The Morgan fingerprint density at radius 1 is 1.03 bits per heavy atom. The summed E-state index contributed by atoms with van der Waals surface area (Å²) in [4.78, 5) is 13.2. The molecule has 150 valence electrons. The molecule has 2 N–H and O–H groups in total. The van der Waals surface area contributed by atoms with Crippen molar-refractivity contribution < 1.29 is 19.0 Å². The number of methoxy groups -OCH3 is 3. The predicted octanol–water partition coefficient (Wildman–Crippen LogP) is 4.23. The number of ether oxygens (including phenoxy) is 3. The van der Waals surface area contributed by atoms with E-state index in [2.05, 4.69) is 15.5 Å². The summed E-state index contributed by atoms with van der Waals surface area (Å²) in [7, 11) is 4.68. The number of aromatic nitrogens is 2. The molecule has 0 radical (unpaired) electrons. The van der Waals surface area contributed by atoms with Gasteiger partial charge in [0.2, 0.25) is 0 Å². The quantitative estimate of drug-likeness (QED) is 0.627. The third-order valence-electron chi connectivity index (χ3n) is 5.02. The van der Waals surface area contributed by atoms with Gasteiger partial charge in [-0.3, -0.25) is 9.89 Å². The van der Waals surface area contributed by atoms with Crippen LogP contribution in [-0.4, -0.2) is 37.4 Å². The average molecular weight is 393 g/mol. The van der Waals surface area contributed by atoms with Crippen molar-refractivity contribution in [2.24, 2.45) is 0 Å². The van der Waals surface area contributed by atoms with Crippen molar-refractivity contribution in [2.45, 2.75) is 18.8 Å². The fourth-order valence-electron chi connectivity index (χ4n) is 3.38. The molecule has 29 heavy (non-hydrogen) atoms. The molecule has 1 aromatic heterocycles. The molecule has 7 nitrogen and oxygen atoms in total. The number of nitrogens with zero attached hydrogens (tertiary/aromatic N) is 1. The van der Waals surface area contributed by atoms with Gasteiger partial charge < -0.3 is 19.5 Å². The largest absolute Gasteiger partial charge is 0.497 e. The second-order valence-corrected chi connectivity index (χ2v) is 6.86. The zero-order valence-electron chi connectivity index (χ0n) is 16.6. The third kappa shape index (κ3) is 3.63. The van der Waals surface area contributed by atoms with Gasteiger partial charge >= 0.3 is 0 Å². The van der Waals surface area contributed by atoms with Crippen LogP contribution in [0.1, 0.15) is 34.8 Å². The van der Waals surface area contributed by atoms with E-state index < -0.39 is 0 Å². The van der Waals surface area contributed by atoms with E-state index in [1.54, 1.807) is 25.3 Å². The number of anilines is 1. The second kappa shape index (κ2) is 7.87. The number of benzene rings is 2. The minimum Gasteiger partial charge on any atom is -0.497 e. The SMILES string of the molecule is COc1cccc(-c2n[nH]c(C3CC3)c2NC(=O)c2c(OC)cccc2OC)c1. The first-order chi connectivity index (χ1) is 14.2. The van der Waals surface area contributed by atoms with Crippen LogP contribution in [-0.2, 0) is 0 Å². The van der Waals surface area contributed by atoms with E-state index in [-0.39, 0.29) is 5.91 Å². The summed E-state index contributed by atoms with van der Waals surface area (Å²) in [6, 6.07) is 12.9. The topological polar surface area (TPSA) is 85.5 Å². The van der Waals surface area contributed by atoms with Crippen LogP contribution in [0.25, 0.3) is 11.3 Å². The zero-order valence-corrected chi connectivity index (χ0v) is 16.6. The molecule has 1 heterocycles. The molecular weight excluding hydrogens is 370 g/mol. The van der Waals surface area contributed by atoms with Gasteiger partial charge in [0.25, 0.3) is 5.91 Å². The Balaban J connectivity index is 1.75. The van der Waals surface area contributed by atoms with E-state index in [1.165, 1.54) is 14.2 Å². The molecule has 1 amide bonds. The molecule has 7 heteroatoms. The van der Waals surface area contributed by atoms with E-state index in [4.69, 9.17) is 14.2 Å². The van der Waals surface area contributed by atoms with Gasteiger partial charge in [0, 0.05) is 11.5 Å². The molecule has 4 rings (SSSR count). The highest BCUT2D eigenvalue weighted by Gasteiger charge is 2.32. The van der Waals surface area contributed by atoms with E-state index in [0.717, 1.165) is 29.8 Å². The molecule has 2 aromatic carbocycles. The van der Waals surface area contributed by atoms with Gasteiger partial charge in [-0.15, -0.1) is 0 Å². The van der Waals surface area contributed by atoms with E-state index in [1.807, 2.05) is 24.3 Å². The van der Waals surface area contributed by atoms with Gasteiger partial charge in [-0.05, 0) is 37.1 Å². The summed E-state index contributed by atoms with van der Waals surface area (Å²) in [5.74, 6) is 1.67. The lowest BCUT2D eigenvalue weighted by molar-refractivity contribution is 0.102. The van der Waals surface area contributed by atoms with Crippen molar-refractivity contribution in [3.8, 4) is 28.5 Å². The van der Waals surface area contributed by atoms with Crippen LogP contribution in [0, 0.1) is 0 Å². The zero-order chi connectivity index (χ0) is 20.4. The Hall–Kier alpha value is -3.48. The van der Waals surface area contributed by atoms with Gasteiger partial charge in [-0.2, -0.15) is 5.10 Å². The van der Waals surface area contributed by atoms with Crippen LogP contribution in [0.3, 0.4) is 0 Å². The fraction of sp³-hybridized carbons (Fsp3) is 0.273. The summed E-state index contributed by atoms with van der Waals surface area (Å²) in [6.07, 6.45) is 2.14. The lowest BCUT2D eigenvalue weighted by Crippen LogP contribution is -2.15. The van der Waals surface area contributed by atoms with Crippen LogP contribution >= 0.6 is 0 Å². The maximum atomic E-state index is 13.2. The van der Waals surface area contributed by atoms with Gasteiger partial charge in [0.05, 0.1) is 32.7 Å². The van der Waals surface area contributed by atoms with Crippen LogP contribution in [0.4, 0.5) is 5.69 Å². The van der Waals surface area contributed by atoms with E-state index in [0.29, 0.717) is 34.4 Å². The second-order valence-electron chi connectivity index (χ2n) is 6.86. The molecule has 0 saturated heterocycles. The molecule has 1 aliphatic carbocycles. The number of carbonyl (C=O) groups excluding carboxylic acids is 1. The van der Waals surface area contributed by atoms with Gasteiger partial charge in [-0.25, -0.2) is 0 Å². The molecular formula is C22H23N3O4. The molecule has 1 aliphatic rings. The first-order valence-electron chi connectivity index (χ1n) is 9.41. The highest BCUT2D eigenvalue weighted by molar-refractivity contribution is 6.10. The number of amides is 1. The van der Waals surface area contributed by atoms with Crippen molar-refractivity contribution in [1.29, 1.82) is 0 Å². The molecule has 0 atom stereocenters. The molecule has 0 unspecified atom stereocenters. The molecule has 1 fully saturated rings. The molecule has 0 aliphatic heterocycles.